The van der Waals surface area contributed by atoms with Gasteiger partial charge >= 0.3 is 0 Å². The average Bonchev–Trinajstić information content (AvgIpc) is 2.28. The van der Waals surface area contributed by atoms with Crippen LogP contribution in [0.15, 0.2) is 35.5 Å². The molecule has 0 aromatic heterocycles. The second-order valence-corrected chi connectivity index (χ2v) is 4.51. The summed E-state index contributed by atoms with van der Waals surface area (Å²) in [5.41, 5.74) is 2.56. The molecule has 0 spiro atoms. The number of rotatable bonds is 7. The summed E-state index contributed by atoms with van der Waals surface area (Å²) in [5.74, 6) is 0. The number of hydrogen-bond acceptors (Lipinski definition) is 2. The highest BCUT2D eigenvalue weighted by Crippen LogP contribution is 2.17. The van der Waals surface area contributed by atoms with Crippen molar-refractivity contribution in [2.75, 3.05) is 13.2 Å². The van der Waals surface area contributed by atoms with Gasteiger partial charge in [0.05, 0.1) is 12.9 Å². The molecule has 0 radical (unpaired) electrons. The van der Waals surface area contributed by atoms with E-state index in [0.717, 1.165) is 26.1 Å². The van der Waals surface area contributed by atoms with Crippen molar-refractivity contribution in [3.05, 3.63) is 46.6 Å². The van der Waals surface area contributed by atoms with E-state index in [1.165, 1.54) is 21.9 Å². The molecule has 0 amide bonds. The number of nitrogens with one attached hydrogen (secondary N) is 1. The summed E-state index contributed by atoms with van der Waals surface area (Å²) in [4.78, 5) is 0. The van der Waals surface area contributed by atoms with E-state index in [2.05, 4.69) is 52.9 Å². The minimum Gasteiger partial charge on any atom is -0.502 e. The zero-order valence-electron chi connectivity index (χ0n) is 9.63. The van der Waals surface area contributed by atoms with Crippen LogP contribution in [0.5, 0.6) is 0 Å². The Kier molecular flexibility index (Phi) is 6.19. The maximum Gasteiger partial charge on any atom is 0.0885 e. The minimum atomic E-state index is 0.730. The van der Waals surface area contributed by atoms with Gasteiger partial charge in [0.2, 0.25) is 0 Å². The molecule has 1 aromatic rings. The van der Waals surface area contributed by atoms with E-state index in [9.17, 15) is 0 Å². The van der Waals surface area contributed by atoms with Crippen LogP contribution in [0.1, 0.15) is 17.5 Å². The highest BCUT2D eigenvalue weighted by molar-refractivity contribution is 9.10. The van der Waals surface area contributed by atoms with Gasteiger partial charge in [0, 0.05) is 11.0 Å². The Labute approximate surface area is 106 Å². The molecule has 3 heteroatoms. The molecule has 0 saturated heterocycles. The van der Waals surface area contributed by atoms with Gasteiger partial charge in [-0.3, -0.25) is 0 Å². The zero-order chi connectivity index (χ0) is 11.8. The zero-order valence-corrected chi connectivity index (χ0v) is 11.2. The topological polar surface area (TPSA) is 21.3 Å². The molecule has 0 aliphatic heterocycles. The lowest BCUT2D eigenvalue weighted by Crippen LogP contribution is -2.16. The number of ether oxygens (including phenoxy) is 1. The molecular weight excluding hydrogens is 266 g/mol. The standard InChI is InChI=1S/C13H18BrNO/c1-3-16-8-4-7-15-10-12-6-5-11(2)13(14)9-12/h3,5-6,9,15H,1,4,7-8,10H2,2H3. The second-order valence-electron chi connectivity index (χ2n) is 3.65. The van der Waals surface area contributed by atoms with E-state index in [4.69, 9.17) is 4.74 Å². The maximum absolute atomic E-state index is 5.04. The number of aryl methyl sites for hydroxylation is 1. The smallest absolute Gasteiger partial charge is 0.0885 e. The van der Waals surface area contributed by atoms with Gasteiger partial charge in [-0.15, -0.1) is 0 Å². The molecule has 0 saturated carbocycles. The highest BCUT2D eigenvalue weighted by Gasteiger charge is 1.97. The van der Waals surface area contributed by atoms with Gasteiger partial charge in [-0.1, -0.05) is 34.6 Å². The third-order valence-electron chi connectivity index (χ3n) is 2.30. The van der Waals surface area contributed by atoms with Gasteiger partial charge in [-0.25, -0.2) is 0 Å². The Balaban J connectivity index is 2.21. The van der Waals surface area contributed by atoms with Crippen molar-refractivity contribution in [1.82, 2.24) is 5.32 Å². The first-order valence-corrected chi connectivity index (χ1v) is 6.21. The Bertz CT molecular complexity index is 339. The van der Waals surface area contributed by atoms with E-state index >= 15 is 0 Å². The molecule has 0 heterocycles. The lowest BCUT2D eigenvalue weighted by atomic mass is 10.1. The predicted molar refractivity (Wildman–Crippen MR) is 71.4 cm³/mol. The molecule has 1 aromatic carbocycles. The predicted octanol–water partition coefficient (Wildman–Crippen LogP) is 3.40. The van der Waals surface area contributed by atoms with Crippen molar-refractivity contribution < 1.29 is 4.74 Å². The fraction of sp³-hybridized carbons (Fsp3) is 0.385. The minimum absolute atomic E-state index is 0.730. The van der Waals surface area contributed by atoms with Crippen molar-refractivity contribution in [2.24, 2.45) is 0 Å². The second kappa shape index (κ2) is 7.47. The number of hydrogen-bond donors (Lipinski definition) is 1. The van der Waals surface area contributed by atoms with Crippen LogP contribution in [0.4, 0.5) is 0 Å². The molecule has 0 aliphatic rings. The van der Waals surface area contributed by atoms with Crippen LogP contribution >= 0.6 is 15.9 Å². The molecule has 0 bridgehead atoms. The summed E-state index contributed by atoms with van der Waals surface area (Å²) in [6.45, 7) is 8.17. The molecule has 2 nitrogen and oxygen atoms in total. The van der Waals surface area contributed by atoms with Crippen molar-refractivity contribution in [1.29, 1.82) is 0 Å². The van der Waals surface area contributed by atoms with Crippen molar-refractivity contribution in [3.63, 3.8) is 0 Å². The summed E-state index contributed by atoms with van der Waals surface area (Å²) < 4.78 is 6.21. The molecule has 0 atom stereocenters. The first-order valence-electron chi connectivity index (χ1n) is 5.42. The fourth-order valence-electron chi connectivity index (χ4n) is 1.34. The van der Waals surface area contributed by atoms with Gasteiger partial charge < -0.3 is 10.1 Å². The van der Waals surface area contributed by atoms with Crippen LogP contribution in [0.3, 0.4) is 0 Å². The van der Waals surface area contributed by atoms with E-state index in [1.807, 2.05) is 0 Å². The molecule has 88 valence electrons. The van der Waals surface area contributed by atoms with Crippen LogP contribution in [-0.4, -0.2) is 13.2 Å². The van der Waals surface area contributed by atoms with Crippen LogP contribution in [0, 0.1) is 6.92 Å². The quantitative estimate of drug-likeness (QED) is 0.612. The van der Waals surface area contributed by atoms with E-state index < -0.39 is 0 Å². The van der Waals surface area contributed by atoms with Crippen molar-refractivity contribution >= 4 is 15.9 Å². The van der Waals surface area contributed by atoms with Crippen LogP contribution in [0.2, 0.25) is 0 Å². The first kappa shape index (κ1) is 13.3. The third-order valence-corrected chi connectivity index (χ3v) is 3.15. The normalized spacial score (nSPS) is 10.1. The molecule has 1 rings (SSSR count). The molecule has 0 unspecified atom stereocenters. The van der Waals surface area contributed by atoms with Gasteiger partial charge in [0.25, 0.3) is 0 Å². The first-order chi connectivity index (χ1) is 7.74. The van der Waals surface area contributed by atoms with E-state index in [0.29, 0.717) is 0 Å². The van der Waals surface area contributed by atoms with Gasteiger partial charge in [0.1, 0.15) is 0 Å². The lowest BCUT2D eigenvalue weighted by molar-refractivity contribution is 0.244. The Morgan fingerprint density at radius 2 is 2.31 bits per heavy atom. The maximum atomic E-state index is 5.04. The lowest BCUT2D eigenvalue weighted by Gasteiger charge is -2.06. The summed E-state index contributed by atoms with van der Waals surface area (Å²) in [6, 6.07) is 6.43. The Morgan fingerprint density at radius 1 is 1.50 bits per heavy atom. The van der Waals surface area contributed by atoms with Crippen molar-refractivity contribution in [2.45, 2.75) is 19.9 Å². The number of halogens is 1. The van der Waals surface area contributed by atoms with E-state index in [-0.39, 0.29) is 0 Å². The third kappa shape index (κ3) is 4.81. The summed E-state index contributed by atoms with van der Waals surface area (Å²) in [7, 11) is 0. The van der Waals surface area contributed by atoms with Crippen molar-refractivity contribution in [3.8, 4) is 0 Å². The van der Waals surface area contributed by atoms with Crippen LogP contribution in [-0.2, 0) is 11.3 Å². The summed E-state index contributed by atoms with van der Waals surface area (Å²) in [5, 5.41) is 3.37. The molecular formula is C13H18BrNO. The van der Waals surface area contributed by atoms with Crippen LogP contribution in [0.25, 0.3) is 0 Å². The van der Waals surface area contributed by atoms with Gasteiger partial charge in [0.15, 0.2) is 0 Å². The average molecular weight is 284 g/mol. The van der Waals surface area contributed by atoms with Gasteiger partial charge in [-0.2, -0.15) is 0 Å². The Hall–Kier alpha value is -0.800. The summed E-state index contributed by atoms with van der Waals surface area (Å²) >= 11 is 3.53. The largest absolute Gasteiger partial charge is 0.502 e. The molecule has 0 aliphatic carbocycles. The molecule has 16 heavy (non-hydrogen) atoms. The van der Waals surface area contributed by atoms with Crippen LogP contribution < -0.4 is 5.32 Å². The fourth-order valence-corrected chi connectivity index (χ4v) is 1.77. The van der Waals surface area contributed by atoms with Gasteiger partial charge in [-0.05, 0) is 37.1 Å². The highest BCUT2D eigenvalue weighted by atomic mass is 79.9. The molecule has 1 N–H and O–H groups in total. The molecule has 0 fully saturated rings. The SMILES string of the molecule is C=COCCCNCc1ccc(C)c(Br)c1. The monoisotopic (exact) mass is 283 g/mol. The Morgan fingerprint density at radius 3 is 3.00 bits per heavy atom. The van der Waals surface area contributed by atoms with E-state index in [1.54, 1.807) is 0 Å². The summed E-state index contributed by atoms with van der Waals surface area (Å²) in [6.07, 6.45) is 2.48. The number of benzene rings is 1.